The van der Waals surface area contributed by atoms with Crippen LogP contribution in [0.5, 0.6) is 0 Å². The van der Waals surface area contributed by atoms with E-state index in [4.69, 9.17) is 11.6 Å². The van der Waals surface area contributed by atoms with E-state index >= 15 is 0 Å². The van der Waals surface area contributed by atoms with Crippen molar-refractivity contribution >= 4 is 38.9 Å². The van der Waals surface area contributed by atoms with Gasteiger partial charge in [0, 0.05) is 32.2 Å². The third-order valence-corrected chi connectivity index (χ3v) is 8.16. The van der Waals surface area contributed by atoms with Crippen LogP contribution in [-0.2, 0) is 14.8 Å². The predicted octanol–water partition coefficient (Wildman–Crippen LogP) is 1.62. The van der Waals surface area contributed by atoms with E-state index in [1.165, 1.54) is 17.1 Å². The summed E-state index contributed by atoms with van der Waals surface area (Å²) in [5.41, 5.74) is 0. The van der Waals surface area contributed by atoms with Crippen LogP contribution in [0.3, 0.4) is 0 Å². The summed E-state index contributed by atoms with van der Waals surface area (Å²) in [5.74, 6) is 0.657. The highest BCUT2D eigenvalue weighted by atomic mass is 35.5. The van der Waals surface area contributed by atoms with Crippen molar-refractivity contribution < 1.29 is 13.2 Å². The molecule has 1 N–H and O–H groups in total. The summed E-state index contributed by atoms with van der Waals surface area (Å²) >= 11 is 6.91. The second-order valence-electron chi connectivity index (χ2n) is 6.43. The minimum atomic E-state index is -3.47. The lowest BCUT2D eigenvalue weighted by molar-refractivity contribution is -0.123. The molecule has 0 unspecified atom stereocenters. The van der Waals surface area contributed by atoms with Crippen LogP contribution in [0.1, 0.15) is 19.8 Å². The number of carbonyl (C=O) groups excluding carboxylic acids is 1. The van der Waals surface area contributed by atoms with Gasteiger partial charge in [-0.3, -0.25) is 9.69 Å². The second-order valence-corrected chi connectivity index (χ2v) is 10.3. The molecule has 1 aromatic rings. The van der Waals surface area contributed by atoms with Crippen LogP contribution in [0.2, 0.25) is 4.34 Å². The highest BCUT2D eigenvalue weighted by molar-refractivity contribution is 7.91. The molecule has 1 saturated carbocycles. The lowest BCUT2D eigenvalue weighted by Crippen LogP contribution is -2.51. The Balaban J connectivity index is 1.49. The molecule has 2 aliphatic rings. The van der Waals surface area contributed by atoms with Crippen molar-refractivity contribution in [2.24, 2.45) is 5.92 Å². The Hall–Kier alpha value is -0.670. The minimum Gasteiger partial charge on any atom is -0.352 e. The van der Waals surface area contributed by atoms with E-state index in [1.54, 1.807) is 12.1 Å². The quantitative estimate of drug-likeness (QED) is 0.800. The molecule has 1 amide bonds. The van der Waals surface area contributed by atoms with Crippen LogP contribution in [0.4, 0.5) is 0 Å². The Labute approximate surface area is 151 Å². The average Bonchev–Trinajstić information content (AvgIpc) is 3.29. The topological polar surface area (TPSA) is 69.7 Å². The fourth-order valence-corrected chi connectivity index (χ4v) is 5.97. The number of piperazine rings is 1. The zero-order valence-electron chi connectivity index (χ0n) is 13.6. The number of carbonyl (C=O) groups is 1. The number of nitrogens with one attached hydrogen (secondary N) is 1. The number of rotatable bonds is 6. The van der Waals surface area contributed by atoms with Gasteiger partial charge < -0.3 is 5.32 Å². The minimum absolute atomic E-state index is 0.0238. The largest absolute Gasteiger partial charge is 0.352 e. The number of thiophene rings is 1. The molecule has 0 radical (unpaired) electrons. The van der Waals surface area contributed by atoms with Gasteiger partial charge in [-0.1, -0.05) is 11.6 Å². The van der Waals surface area contributed by atoms with Crippen LogP contribution < -0.4 is 5.32 Å². The first kappa shape index (κ1) is 18.1. The van der Waals surface area contributed by atoms with Gasteiger partial charge in [-0.25, -0.2) is 8.42 Å². The van der Waals surface area contributed by atoms with Gasteiger partial charge in [0.1, 0.15) is 4.21 Å². The first-order valence-electron chi connectivity index (χ1n) is 8.13. The first-order chi connectivity index (χ1) is 11.4. The third-order valence-electron chi connectivity index (χ3n) is 4.56. The number of amides is 1. The first-order valence-corrected chi connectivity index (χ1v) is 10.8. The van der Waals surface area contributed by atoms with Crippen LogP contribution in [0.15, 0.2) is 16.3 Å². The van der Waals surface area contributed by atoms with E-state index in [2.05, 4.69) is 5.32 Å². The van der Waals surface area contributed by atoms with Gasteiger partial charge >= 0.3 is 0 Å². The van der Waals surface area contributed by atoms with E-state index in [0.717, 1.165) is 11.3 Å². The molecule has 0 spiro atoms. The lowest BCUT2D eigenvalue weighted by Gasteiger charge is -2.33. The molecule has 1 aromatic heterocycles. The maximum atomic E-state index is 12.5. The summed E-state index contributed by atoms with van der Waals surface area (Å²) in [4.78, 5) is 14.1. The molecule has 2 heterocycles. The molecule has 1 aliphatic carbocycles. The monoisotopic (exact) mass is 391 g/mol. The van der Waals surface area contributed by atoms with E-state index in [9.17, 15) is 13.2 Å². The maximum absolute atomic E-state index is 12.5. The van der Waals surface area contributed by atoms with Gasteiger partial charge in [0.05, 0.1) is 10.9 Å². The molecule has 9 heteroatoms. The summed E-state index contributed by atoms with van der Waals surface area (Å²) in [5, 5.41) is 3.03. The molecule has 1 saturated heterocycles. The molecule has 0 aromatic carbocycles. The molecule has 134 valence electrons. The molecule has 1 aliphatic heterocycles. The fourth-order valence-electron chi connectivity index (χ4n) is 2.91. The van der Waals surface area contributed by atoms with Crippen molar-refractivity contribution in [2.45, 2.75) is 30.0 Å². The fraction of sp³-hybridized carbons (Fsp3) is 0.667. The van der Waals surface area contributed by atoms with Crippen molar-refractivity contribution in [1.82, 2.24) is 14.5 Å². The molecule has 6 nitrogen and oxygen atoms in total. The average molecular weight is 392 g/mol. The van der Waals surface area contributed by atoms with E-state index in [-0.39, 0.29) is 16.2 Å². The number of halogens is 1. The smallest absolute Gasteiger partial charge is 0.252 e. The SMILES string of the molecule is C[C@H](NC(=O)CN1CCN(S(=O)(=O)c2ccc(Cl)s2)CC1)C1CC1. The van der Waals surface area contributed by atoms with Gasteiger partial charge in [-0.05, 0) is 37.8 Å². The van der Waals surface area contributed by atoms with Crippen molar-refractivity contribution in [3.63, 3.8) is 0 Å². The second kappa shape index (κ2) is 7.29. The molecule has 0 bridgehead atoms. The van der Waals surface area contributed by atoms with E-state index in [1.807, 2.05) is 11.8 Å². The Morgan fingerprint density at radius 1 is 1.33 bits per heavy atom. The molecule has 1 atom stereocenters. The molecule has 24 heavy (non-hydrogen) atoms. The number of sulfonamides is 1. The third kappa shape index (κ3) is 4.29. The zero-order chi connectivity index (χ0) is 17.3. The van der Waals surface area contributed by atoms with Crippen LogP contribution >= 0.6 is 22.9 Å². The molecular formula is C15H22ClN3O3S2. The van der Waals surface area contributed by atoms with E-state index < -0.39 is 10.0 Å². The summed E-state index contributed by atoms with van der Waals surface area (Å²) in [6, 6.07) is 3.38. The van der Waals surface area contributed by atoms with Crippen molar-refractivity contribution in [1.29, 1.82) is 0 Å². The van der Waals surface area contributed by atoms with Crippen molar-refractivity contribution in [2.75, 3.05) is 32.7 Å². The number of nitrogens with zero attached hydrogens (tertiary/aromatic N) is 2. The van der Waals surface area contributed by atoms with Crippen LogP contribution in [0.25, 0.3) is 0 Å². The van der Waals surface area contributed by atoms with Gasteiger partial charge in [-0.2, -0.15) is 4.31 Å². The Bertz CT molecular complexity index is 695. The van der Waals surface area contributed by atoms with Gasteiger partial charge in [0.25, 0.3) is 10.0 Å². The van der Waals surface area contributed by atoms with Crippen LogP contribution in [-0.4, -0.2) is 62.3 Å². The predicted molar refractivity (Wildman–Crippen MR) is 94.9 cm³/mol. The highest BCUT2D eigenvalue weighted by Crippen LogP contribution is 2.32. The zero-order valence-corrected chi connectivity index (χ0v) is 16.0. The molecule has 3 rings (SSSR count). The van der Waals surface area contributed by atoms with Gasteiger partial charge in [0.2, 0.25) is 5.91 Å². The molecule has 2 fully saturated rings. The summed E-state index contributed by atoms with van der Waals surface area (Å²) in [6.45, 7) is 4.28. The summed E-state index contributed by atoms with van der Waals surface area (Å²) in [7, 11) is -3.47. The Morgan fingerprint density at radius 2 is 2.00 bits per heavy atom. The molecular weight excluding hydrogens is 370 g/mol. The number of hydrogen-bond acceptors (Lipinski definition) is 5. The summed E-state index contributed by atoms with van der Waals surface area (Å²) in [6.07, 6.45) is 2.40. The normalized spacial score (nSPS) is 21.6. The standard InChI is InChI=1S/C15H22ClN3O3S2/c1-11(12-2-3-12)17-14(20)10-18-6-8-19(9-7-18)24(21,22)15-5-4-13(16)23-15/h4-5,11-12H,2-3,6-10H2,1H3,(H,17,20)/t11-/m0/s1. The van der Waals surface area contributed by atoms with Crippen molar-refractivity contribution in [3.05, 3.63) is 16.5 Å². The van der Waals surface area contributed by atoms with Crippen LogP contribution in [0, 0.1) is 5.92 Å². The maximum Gasteiger partial charge on any atom is 0.252 e. The van der Waals surface area contributed by atoms with E-state index in [0.29, 0.717) is 43.0 Å². The number of hydrogen-bond donors (Lipinski definition) is 1. The van der Waals surface area contributed by atoms with Crippen molar-refractivity contribution in [3.8, 4) is 0 Å². The lowest BCUT2D eigenvalue weighted by atomic mass is 10.2. The van der Waals surface area contributed by atoms with Gasteiger partial charge in [0.15, 0.2) is 0 Å². The van der Waals surface area contributed by atoms with Gasteiger partial charge in [-0.15, -0.1) is 11.3 Å². The Morgan fingerprint density at radius 3 is 2.54 bits per heavy atom. The summed E-state index contributed by atoms with van der Waals surface area (Å²) < 4.78 is 27.3. The Kier molecular flexibility index (Phi) is 5.51. The highest BCUT2D eigenvalue weighted by Gasteiger charge is 2.31.